The molecule has 0 aliphatic carbocycles. The predicted octanol–water partition coefficient (Wildman–Crippen LogP) is 0.992. The number of amides is 2. The summed E-state index contributed by atoms with van der Waals surface area (Å²) in [5, 5.41) is 12.3. The van der Waals surface area contributed by atoms with Gasteiger partial charge in [0.25, 0.3) is 0 Å². The molecule has 0 heterocycles. The predicted molar refractivity (Wildman–Crippen MR) is 66.4 cm³/mol. The highest BCUT2D eigenvalue weighted by Gasteiger charge is 2.07. The summed E-state index contributed by atoms with van der Waals surface area (Å²) < 4.78 is 0.591. The lowest BCUT2D eigenvalue weighted by molar-refractivity contribution is 0.0695. The number of nitrogens with two attached hydrogens (primary N) is 1. The highest BCUT2D eigenvalue weighted by Crippen LogP contribution is 2.13. The van der Waals surface area contributed by atoms with Gasteiger partial charge in [0.05, 0.1) is 11.8 Å². The molecule has 2 amide bonds. The molecule has 84 valence electrons. The van der Waals surface area contributed by atoms with Gasteiger partial charge in [-0.05, 0) is 40.3 Å². The van der Waals surface area contributed by atoms with Crippen molar-refractivity contribution in [3.05, 3.63) is 32.9 Å². The zero-order chi connectivity index (χ0) is 12.1. The maximum absolute atomic E-state index is 10.7. The summed E-state index contributed by atoms with van der Waals surface area (Å²) >= 11 is 1.91. The minimum absolute atomic E-state index is 0.223. The molecule has 0 saturated heterocycles. The smallest absolute Gasteiger partial charge is 0.336 e. The molecule has 1 aromatic rings. The van der Waals surface area contributed by atoms with E-state index in [0.717, 1.165) is 0 Å². The summed E-state index contributed by atoms with van der Waals surface area (Å²) in [6.45, 7) is 0. The van der Waals surface area contributed by atoms with Crippen LogP contribution in [0.5, 0.6) is 0 Å². The molecule has 0 fully saturated rings. The minimum Gasteiger partial charge on any atom is -0.478 e. The van der Waals surface area contributed by atoms with Crippen molar-refractivity contribution in [1.29, 1.82) is 0 Å². The molecule has 0 saturated carbocycles. The average molecular weight is 333 g/mol. The summed E-state index contributed by atoms with van der Waals surface area (Å²) in [5.41, 5.74) is 7.74. The van der Waals surface area contributed by atoms with E-state index in [2.05, 4.69) is 5.10 Å². The van der Waals surface area contributed by atoms with Crippen LogP contribution in [0.25, 0.3) is 0 Å². The Hall–Kier alpha value is -1.64. The van der Waals surface area contributed by atoms with Crippen LogP contribution in [-0.2, 0) is 0 Å². The van der Waals surface area contributed by atoms with E-state index in [-0.39, 0.29) is 5.56 Å². The van der Waals surface area contributed by atoms with E-state index in [1.165, 1.54) is 12.3 Å². The van der Waals surface area contributed by atoms with Crippen LogP contribution in [0.15, 0.2) is 23.3 Å². The van der Waals surface area contributed by atoms with E-state index >= 15 is 0 Å². The highest BCUT2D eigenvalue weighted by molar-refractivity contribution is 14.1. The molecule has 16 heavy (non-hydrogen) atoms. The Bertz CT molecular complexity index is 459. The van der Waals surface area contributed by atoms with Crippen LogP contribution in [0, 0.1) is 3.57 Å². The fourth-order valence-corrected chi connectivity index (χ4v) is 1.73. The van der Waals surface area contributed by atoms with Crippen LogP contribution < -0.4 is 11.2 Å². The van der Waals surface area contributed by atoms with Crippen molar-refractivity contribution in [3.63, 3.8) is 0 Å². The van der Waals surface area contributed by atoms with Crippen molar-refractivity contribution in [1.82, 2.24) is 5.43 Å². The third-order valence-corrected chi connectivity index (χ3v) is 2.50. The Labute approximate surface area is 105 Å². The number of carboxylic acid groups (broad SMARTS) is 1. The average Bonchev–Trinajstić information content (AvgIpc) is 2.16. The number of benzene rings is 1. The topological polar surface area (TPSA) is 105 Å². The standard InChI is InChI=1S/C9H8IN3O3/c10-7-3-5(4-12-13-9(11)16)1-2-6(7)8(14)15/h1-4H,(H,14,15)(H3,11,13,16). The van der Waals surface area contributed by atoms with E-state index in [0.29, 0.717) is 9.13 Å². The lowest BCUT2D eigenvalue weighted by Crippen LogP contribution is -2.24. The van der Waals surface area contributed by atoms with Crippen LogP contribution in [-0.4, -0.2) is 23.3 Å². The van der Waals surface area contributed by atoms with Gasteiger partial charge in [0.15, 0.2) is 0 Å². The molecular formula is C9H8IN3O3. The van der Waals surface area contributed by atoms with Crippen molar-refractivity contribution < 1.29 is 14.7 Å². The van der Waals surface area contributed by atoms with Crippen molar-refractivity contribution >= 4 is 40.8 Å². The highest BCUT2D eigenvalue weighted by atomic mass is 127. The summed E-state index contributed by atoms with van der Waals surface area (Å²) in [6, 6.07) is 3.93. The Morgan fingerprint density at radius 1 is 1.50 bits per heavy atom. The number of carbonyl (C=O) groups is 2. The molecule has 0 bridgehead atoms. The van der Waals surface area contributed by atoms with Crippen molar-refractivity contribution in [2.24, 2.45) is 10.8 Å². The summed E-state index contributed by atoms with van der Waals surface area (Å²) in [7, 11) is 0. The Balaban J connectivity index is 2.85. The van der Waals surface area contributed by atoms with Crippen molar-refractivity contribution in [2.75, 3.05) is 0 Å². The molecule has 0 unspecified atom stereocenters. The van der Waals surface area contributed by atoms with Gasteiger partial charge < -0.3 is 10.8 Å². The second-order valence-electron chi connectivity index (χ2n) is 2.78. The second kappa shape index (κ2) is 5.45. The van der Waals surface area contributed by atoms with Crippen LogP contribution >= 0.6 is 22.6 Å². The maximum atomic E-state index is 10.7. The van der Waals surface area contributed by atoms with Gasteiger partial charge in [-0.3, -0.25) is 0 Å². The molecule has 0 aliphatic heterocycles. The first-order valence-electron chi connectivity index (χ1n) is 4.12. The van der Waals surface area contributed by atoms with Crippen LogP contribution in [0.3, 0.4) is 0 Å². The Morgan fingerprint density at radius 2 is 2.19 bits per heavy atom. The van der Waals surface area contributed by atoms with Gasteiger partial charge in [0, 0.05) is 3.57 Å². The minimum atomic E-state index is -0.983. The van der Waals surface area contributed by atoms with E-state index in [9.17, 15) is 9.59 Å². The number of nitrogens with zero attached hydrogens (tertiary/aromatic N) is 1. The number of urea groups is 1. The number of hydrogen-bond acceptors (Lipinski definition) is 3. The molecule has 1 aromatic carbocycles. The first kappa shape index (κ1) is 12.4. The van der Waals surface area contributed by atoms with Crippen molar-refractivity contribution in [3.8, 4) is 0 Å². The molecular weight excluding hydrogens is 325 g/mol. The largest absolute Gasteiger partial charge is 0.478 e. The van der Waals surface area contributed by atoms with Gasteiger partial charge >= 0.3 is 12.0 Å². The number of hydrazone groups is 1. The fourth-order valence-electron chi connectivity index (χ4n) is 0.956. The summed E-state index contributed by atoms with van der Waals surface area (Å²) in [4.78, 5) is 21.0. The first-order chi connectivity index (χ1) is 7.50. The van der Waals surface area contributed by atoms with Crippen molar-refractivity contribution in [2.45, 2.75) is 0 Å². The number of rotatable bonds is 3. The number of halogens is 1. The molecule has 0 aliphatic rings. The zero-order valence-corrected chi connectivity index (χ0v) is 10.1. The van der Waals surface area contributed by atoms with E-state index < -0.39 is 12.0 Å². The van der Waals surface area contributed by atoms with Crippen LogP contribution in [0.2, 0.25) is 0 Å². The lowest BCUT2D eigenvalue weighted by Gasteiger charge is -2.00. The second-order valence-corrected chi connectivity index (χ2v) is 3.94. The first-order valence-corrected chi connectivity index (χ1v) is 5.20. The third-order valence-electron chi connectivity index (χ3n) is 1.61. The van der Waals surface area contributed by atoms with Crippen LogP contribution in [0.1, 0.15) is 15.9 Å². The number of aromatic carboxylic acids is 1. The molecule has 0 radical (unpaired) electrons. The number of primary amides is 1. The number of hydrogen-bond donors (Lipinski definition) is 3. The number of carbonyl (C=O) groups excluding carboxylic acids is 1. The molecule has 0 spiro atoms. The van der Waals surface area contributed by atoms with Gasteiger partial charge in [-0.1, -0.05) is 6.07 Å². The summed E-state index contributed by atoms with van der Waals surface area (Å²) in [6.07, 6.45) is 1.37. The number of carboxylic acids is 1. The Morgan fingerprint density at radius 3 is 2.69 bits per heavy atom. The molecule has 6 nitrogen and oxygen atoms in total. The molecule has 0 atom stereocenters. The van der Waals surface area contributed by atoms with E-state index in [1.807, 2.05) is 28.0 Å². The number of nitrogens with one attached hydrogen (secondary N) is 1. The molecule has 4 N–H and O–H groups in total. The van der Waals surface area contributed by atoms with E-state index in [4.69, 9.17) is 10.8 Å². The van der Waals surface area contributed by atoms with Gasteiger partial charge in [0.1, 0.15) is 0 Å². The normalized spacial score (nSPS) is 10.3. The quantitative estimate of drug-likeness (QED) is 0.436. The molecule has 0 aromatic heterocycles. The maximum Gasteiger partial charge on any atom is 0.336 e. The Kier molecular flexibility index (Phi) is 4.23. The third kappa shape index (κ3) is 3.50. The van der Waals surface area contributed by atoms with Gasteiger partial charge in [-0.2, -0.15) is 5.10 Å². The fraction of sp³-hybridized carbons (Fsp3) is 0. The van der Waals surface area contributed by atoms with E-state index in [1.54, 1.807) is 12.1 Å². The monoisotopic (exact) mass is 333 g/mol. The van der Waals surface area contributed by atoms with Crippen LogP contribution in [0.4, 0.5) is 4.79 Å². The molecule has 1 rings (SSSR count). The summed E-state index contributed by atoms with van der Waals surface area (Å²) in [5.74, 6) is -0.983. The molecule has 7 heteroatoms. The zero-order valence-electron chi connectivity index (χ0n) is 7.98. The van der Waals surface area contributed by atoms with Gasteiger partial charge in [-0.15, -0.1) is 0 Å². The van der Waals surface area contributed by atoms with Gasteiger partial charge in [0.2, 0.25) is 0 Å². The van der Waals surface area contributed by atoms with Gasteiger partial charge in [-0.25, -0.2) is 15.0 Å². The SMILES string of the molecule is NC(=O)NN=Cc1ccc(C(=O)O)c(I)c1. The lowest BCUT2D eigenvalue weighted by atomic mass is 10.1.